The molecule has 32 heavy (non-hydrogen) atoms. The second kappa shape index (κ2) is 10.8. The second-order valence-electron chi connectivity index (χ2n) is 8.80. The van der Waals surface area contributed by atoms with Gasteiger partial charge in [-0.05, 0) is 31.5 Å². The van der Waals surface area contributed by atoms with Crippen molar-refractivity contribution in [2.75, 3.05) is 13.1 Å². The lowest BCUT2D eigenvalue weighted by Crippen LogP contribution is -2.60. The average Bonchev–Trinajstić information content (AvgIpc) is 2.66. The number of piperazine rings is 1. The maximum atomic E-state index is 12.7. The third-order valence-corrected chi connectivity index (χ3v) is 4.84. The van der Waals surface area contributed by atoms with Crippen LogP contribution >= 0.6 is 0 Å². The van der Waals surface area contributed by atoms with E-state index in [-0.39, 0.29) is 23.4 Å². The Morgan fingerprint density at radius 1 is 1.03 bits per heavy atom. The van der Waals surface area contributed by atoms with Gasteiger partial charge in [0.1, 0.15) is 0 Å². The fraction of sp³-hybridized carbons (Fsp3) is 0.571. The first-order valence-corrected chi connectivity index (χ1v) is 9.96. The van der Waals surface area contributed by atoms with E-state index in [0.717, 1.165) is 25.2 Å². The summed E-state index contributed by atoms with van der Waals surface area (Å²) in [5.41, 5.74) is 2.79. The van der Waals surface area contributed by atoms with Crippen LogP contribution in [0.3, 0.4) is 0 Å². The number of nitrogens with one attached hydrogen (secondary N) is 1. The SMILES string of the molecule is C[C@@H]1CN(Cc2ccc(C(=O)NO)cc2)C[C@H](C)N1C(=O)C(C)(C)C.O=C(O)C(F)(F)F. The van der Waals surface area contributed by atoms with Gasteiger partial charge in [0.2, 0.25) is 5.91 Å². The number of hydrogen-bond acceptors (Lipinski definition) is 5. The number of halogens is 3. The molecule has 3 N–H and O–H groups in total. The molecule has 2 atom stereocenters. The molecule has 0 radical (unpaired) electrons. The highest BCUT2D eigenvalue weighted by atomic mass is 19.4. The Hall–Kier alpha value is -2.66. The van der Waals surface area contributed by atoms with Gasteiger partial charge in [0.25, 0.3) is 5.91 Å². The lowest BCUT2D eigenvalue weighted by Gasteiger charge is -2.46. The molecular formula is C21H30F3N3O5. The van der Waals surface area contributed by atoms with Gasteiger partial charge in [-0.15, -0.1) is 0 Å². The summed E-state index contributed by atoms with van der Waals surface area (Å²) < 4.78 is 31.7. The van der Waals surface area contributed by atoms with Crippen molar-refractivity contribution in [2.45, 2.75) is 59.4 Å². The molecule has 1 aromatic carbocycles. The van der Waals surface area contributed by atoms with Crippen LogP contribution in [0.25, 0.3) is 0 Å². The van der Waals surface area contributed by atoms with Crippen LogP contribution in [0, 0.1) is 5.41 Å². The first-order chi connectivity index (χ1) is 14.6. The normalized spacial score (nSPS) is 19.6. The molecule has 0 saturated carbocycles. The predicted molar refractivity (Wildman–Crippen MR) is 110 cm³/mol. The fourth-order valence-corrected chi connectivity index (χ4v) is 3.43. The Balaban J connectivity index is 0.000000633. The zero-order chi connectivity index (χ0) is 24.9. The van der Waals surface area contributed by atoms with Crippen molar-refractivity contribution in [3.8, 4) is 0 Å². The Bertz CT molecular complexity index is 794. The van der Waals surface area contributed by atoms with Crippen LogP contribution in [0.1, 0.15) is 50.5 Å². The maximum absolute atomic E-state index is 12.7. The minimum atomic E-state index is -5.08. The third kappa shape index (κ3) is 7.79. The van der Waals surface area contributed by atoms with Crippen LogP contribution < -0.4 is 5.48 Å². The van der Waals surface area contributed by atoms with Gasteiger partial charge in [0.15, 0.2) is 0 Å². The number of benzene rings is 1. The first kappa shape index (κ1) is 27.4. The number of hydrogen-bond donors (Lipinski definition) is 3. The molecule has 2 amide bonds. The molecule has 1 saturated heterocycles. The van der Waals surface area contributed by atoms with Crippen LogP contribution in [-0.2, 0) is 16.1 Å². The van der Waals surface area contributed by atoms with Gasteiger partial charge in [0, 0.05) is 42.7 Å². The summed E-state index contributed by atoms with van der Waals surface area (Å²) in [5, 5.41) is 15.8. The number of nitrogens with zero attached hydrogens (tertiary/aromatic N) is 2. The van der Waals surface area contributed by atoms with Gasteiger partial charge in [-0.25, -0.2) is 10.3 Å². The average molecular weight is 461 g/mol. The summed E-state index contributed by atoms with van der Waals surface area (Å²) in [6.07, 6.45) is -5.08. The number of carboxylic acids is 1. The van der Waals surface area contributed by atoms with E-state index in [9.17, 15) is 22.8 Å². The smallest absolute Gasteiger partial charge is 0.475 e. The largest absolute Gasteiger partial charge is 0.490 e. The molecular weight excluding hydrogens is 431 g/mol. The monoisotopic (exact) mass is 461 g/mol. The number of aliphatic carboxylic acids is 1. The molecule has 1 aliphatic rings. The van der Waals surface area contributed by atoms with Crippen molar-refractivity contribution in [3.05, 3.63) is 35.4 Å². The summed E-state index contributed by atoms with van der Waals surface area (Å²) in [5.74, 6) is -3.07. The van der Waals surface area contributed by atoms with Crippen molar-refractivity contribution in [1.82, 2.24) is 15.3 Å². The van der Waals surface area contributed by atoms with Gasteiger partial charge in [-0.3, -0.25) is 19.7 Å². The lowest BCUT2D eigenvalue weighted by atomic mass is 9.92. The quantitative estimate of drug-likeness (QED) is 0.472. The molecule has 8 nitrogen and oxygen atoms in total. The van der Waals surface area contributed by atoms with E-state index in [0.29, 0.717) is 5.56 Å². The van der Waals surface area contributed by atoms with Crippen LogP contribution in [0.4, 0.5) is 13.2 Å². The van der Waals surface area contributed by atoms with Crippen LogP contribution in [-0.4, -0.2) is 69.2 Å². The van der Waals surface area contributed by atoms with E-state index in [2.05, 4.69) is 18.7 Å². The van der Waals surface area contributed by atoms with Crippen molar-refractivity contribution in [2.24, 2.45) is 5.41 Å². The van der Waals surface area contributed by atoms with Gasteiger partial charge in [-0.1, -0.05) is 32.9 Å². The van der Waals surface area contributed by atoms with E-state index in [1.807, 2.05) is 37.8 Å². The Morgan fingerprint density at radius 3 is 1.81 bits per heavy atom. The number of alkyl halides is 3. The van der Waals surface area contributed by atoms with Crippen molar-refractivity contribution in [3.63, 3.8) is 0 Å². The lowest BCUT2D eigenvalue weighted by molar-refractivity contribution is -0.192. The van der Waals surface area contributed by atoms with E-state index >= 15 is 0 Å². The fourth-order valence-electron chi connectivity index (χ4n) is 3.43. The maximum Gasteiger partial charge on any atom is 0.490 e. The standard InChI is InChI=1S/C19H29N3O3.C2HF3O2/c1-13-10-21(11-14(2)22(13)18(24)19(3,4)5)12-15-6-8-16(9-7-15)17(23)20-25;3-2(4,5)1(6)7/h6-9,13-14,25H,10-12H2,1-5H3,(H,20,23);(H,6,7)/t13-,14+;. The number of carboxylic acid groups (broad SMARTS) is 1. The molecule has 0 aliphatic carbocycles. The molecule has 0 spiro atoms. The van der Waals surface area contributed by atoms with E-state index in [4.69, 9.17) is 15.1 Å². The molecule has 1 aromatic rings. The van der Waals surface area contributed by atoms with Crippen LogP contribution in [0.5, 0.6) is 0 Å². The number of rotatable bonds is 3. The summed E-state index contributed by atoms with van der Waals surface area (Å²) in [4.78, 5) is 37.3. The highest BCUT2D eigenvalue weighted by molar-refractivity contribution is 5.93. The second-order valence-corrected chi connectivity index (χ2v) is 8.80. The Morgan fingerprint density at radius 2 is 1.47 bits per heavy atom. The van der Waals surface area contributed by atoms with E-state index in [1.54, 1.807) is 17.6 Å². The van der Waals surface area contributed by atoms with Crippen molar-refractivity contribution >= 4 is 17.8 Å². The number of amides is 2. The summed E-state index contributed by atoms with van der Waals surface area (Å²) in [7, 11) is 0. The van der Waals surface area contributed by atoms with E-state index < -0.39 is 18.1 Å². The highest BCUT2D eigenvalue weighted by Gasteiger charge is 2.38. The predicted octanol–water partition coefficient (Wildman–Crippen LogP) is 2.91. The van der Waals surface area contributed by atoms with Crippen molar-refractivity contribution in [1.29, 1.82) is 0 Å². The van der Waals surface area contributed by atoms with Gasteiger partial charge >= 0.3 is 12.1 Å². The molecule has 0 bridgehead atoms. The molecule has 2 rings (SSSR count). The molecule has 1 heterocycles. The van der Waals surface area contributed by atoms with Crippen LogP contribution in [0.15, 0.2) is 24.3 Å². The summed E-state index contributed by atoms with van der Waals surface area (Å²) in [6.45, 7) is 12.5. The zero-order valence-electron chi connectivity index (χ0n) is 18.7. The molecule has 180 valence electrons. The van der Waals surface area contributed by atoms with Crippen LogP contribution in [0.2, 0.25) is 0 Å². The van der Waals surface area contributed by atoms with Gasteiger partial charge in [-0.2, -0.15) is 13.2 Å². The van der Waals surface area contributed by atoms with E-state index in [1.165, 1.54) is 0 Å². The first-order valence-electron chi connectivity index (χ1n) is 9.96. The molecule has 0 unspecified atom stereocenters. The minimum absolute atomic E-state index is 0.162. The number of hydroxylamine groups is 1. The Kier molecular flexibility index (Phi) is 9.22. The number of carbonyl (C=O) groups excluding carboxylic acids is 2. The summed E-state index contributed by atoms with van der Waals surface area (Å²) in [6, 6.07) is 7.52. The van der Waals surface area contributed by atoms with Gasteiger partial charge in [0.05, 0.1) is 0 Å². The highest BCUT2D eigenvalue weighted by Crippen LogP contribution is 2.25. The molecule has 1 aliphatic heterocycles. The zero-order valence-corrected chi connectivity index (χ0v) is 18.7. The molecule has 1 fully saturated rings. The molecule has 0 aromatic heterocycles. The number of carbonyl (C=O) groups is 3. The topological polar surface area (TPSA) is 110 Å². The minimum Gasteiger partial charge on any atom is -0.475 e. The Labute approximate surface area is 184 Å². The molecule has 11 heteroatoms. The summed E-state index contributed by atoms with van der Waals surface area (Å²) >= 11 is 0. The van der Waals surface area contributed by atoms with Crippen molar-refractivity contribution < 1.29 is 37.9 Å². The third-order valence-electron chi connectivity index (χ3n) is 4.84. The van der Waals surface area contributed by atoms with Gasteiger partial charge < -0.3 is 10.0 Å².